The summed E-state index contributed by atoms with van der Waals surface area (Å²) in [5, 5.41) is 5.47. The Balaban J connectivity index is 2.45. The summed E-state index contributed by atoms with van der Waals surface area (Å²) in [7, 11) is 0. The van der Waals surface area contributed by atoms with Crippen molar-refractivity contribution in [2.75, 3.05) is 19.8 Å². The van der Waals surface area contributed by atoms with Gasteiger partial charge in [-0.3, -0.25) is 4.79 Å². The smallest absolute Gasteiger partial charge is 0.344 e. The molecular formula is C20H25BrN2O6. The second-order valence-corrected chi connectivity index (χ2v) is 7.07. The SMILES string of the molecule is CC/C=C1/NC(=O)N[C@@H](c2cc(Br)ccc2OCC(=O)OCC)[C@@H]1C(=O)OCC. The van der Waals surface area contributed by atoms with Gasteiger partial charge in [0.2, 0.25) is 0 Å². The molecule has 2 amide bonds. The summed E-state index contributed by atoms with van der Waals surface area (Å²) in [5.41, 5.74) is 1.01. The van der Waals surface area contributed by atoms with Crippen LogP contribution >= 0.6 is 15.9 Å². The van der Waals surface area contributed by atoms with Gasteiger partial charge in [-0.15, -0.1) is 0 Å². The van der Waals surface area contributed by atoms with Gasteiger partial charge in [-0.2, -0.15) is 0 Å². The van der Waals surface area contributed by atoms with Crippen LogP contribution in [0.2, 0.25) is 0 Å². The summed E-state index contributed by atoms with van der Waals surface area (Å²) in [5.74, 6) is -1.41. The van der Waals surface area contributed by atoms with Gasteiger partial charge in [0.05, 0.1) is 19.3 Å². The number of benzene rings is 1. The number of urea groups is 1. The third kappa shape index (κ3) is 5.96. The number of amides is 2. The van der Waals surface area contributed by atoms with E-state index in [1.807, 2.05) is 6.92 Å². The summed E-state index contributed by atoms with van der Waals surface area (Å²) >= 11 is 3.41. The van der Waals surface area contributed by atoms with Crippen molar-refractivity contribution in [2.45, 2.75) is 33.2 Å². The molecule has 0 aromatic heterocycles. The van der Waals surface area contributed by atoms with Crippen LogP contribution in [-0.4, -0.2) is 37.8 Å². The fraction of sp³-hybridized carbons (Fsp3) is 0.450. The zero-order valence-corrected chi connectivity index (χ0v) is 18.2. The van der Waals surface area contributed by atoms with Crippen molar-refractivity contribution in [3.8, 4) is 5.75 Å². The molecule has 1 fully saturated rings. The average molecular weight is 469 g/mol. The number of carbonyl (C=O) groups excluding carboxylic acids is 3. The zero-order chi connectivity index (χ0) is 21.4. The van der Waals surface area contributed by atoms with Gasteiger partial charge in [0.25, 0.3) is 0 Å². The highest BCUT2D eigenvalue weighted by Gasteiger charge is 2.41. The Hall–Kier alpha value is -2.55. The number of halogens is 1. The van der Waals surface area contributed by atoms with E-state index >= 15 is 0 Å². The minimum absolute atomic E-state index is 0.208. The first-order valence-electron chi connectivity index (χ1n) is 9.43. The lowest BCUT2D eigenvalue weighted by molar-refractivity contribution is -0.148. The third-order valence-electron chi connectivity index (χ3n) is 4.14. The molecular weight excluding hydrogens is 444 g/mol. The van der Waals surface area contributed by atoms with Crippen molar-refractivity contribution in [1.29, 1.82) is 0 Å². The minimum Gasteiger partial charge on any atom is -0.482 e. The fourth-order valence-corrected chi connectivity index (χ4v) is 3.41. The molecule has 1 aromatic rings. The number of nitrogens with one attached hydrogen (secondary N) is 2. The highest BCUT2D eigenvalue weighted by Crippen LogP contribution is 2.37. The van der Waals surface area contributed by atoms with Crippen molar-refractivity contribution < 1.29 is 28.6 Å². The first-order chi connectivity index (χ1) is 13.9. The normalized spacial score (nSPS) is 19.9. The van der Waals surface area contributed by atoms with E-state index in [4.69, 9.17) is 14.2 Å². The molecule has 1 aromatic carbocycles. The van der Waals surface area contributed by atoms with Crippen LogP contribution in [0, 0.1) is 5.92 Å². The first kappa shape index (κ1) is 22.7. The van der Waals surface area contributed by atoms with E-state index in [-0.39, 0.29) is 19.8 Å². The molecule has 1 heterocycles. The first-order valence-corrected chi connectivity index (χ1v) is 10.2. The van der Waals surface area contributed by atoms with Crippen LogP contribution in [0.3, 0.4) is 0 Å². The lowest BCUT2D eigenvalue weighted by Crippen LogP contribution is -2.51. The van der Waals surface area contributed by atoms with Gasteiger partial charge in [0.15, 0.2) is 6.61 Å². The number of rotatable bonds is 8. The molecule has 2 N–H and O–H groups in total. The zero-order valence-electron chi connectivity index (χ0n) is 16.6. The van der Waals surface area contributed by atoms with Gasteiger partial charge in [-0.05, 0) is 38.5 Å². The van der Waals surface area contributed by atoms with Crippen LogP contribution in [0.15, 0.2) is 34.4 Å². The van der Waals surface area contributed by atoms with Crippen LogP contribution in [-0.2, 0) is 19.1 Å². The van der Waals surface area contributed by atoms with Crippen LogP contribution in [0.4, 0.5) is 4.79 Å². The molecule has 1 aliphatic rings. The predicted molar refractivity (Wildman–Crippen MR) is 109 cm³/mol. The summed E-state index contributed by atoms with van der Waals surface area (Å²) in [6.07, 6.45) is 2.41. The summed E-state index contributed by atoms with van der Waals surface area (Å²) in [4.78, 5) is 36.7. The Morgan fingerprint density at radius 2 is 1.90 bits per heavy atom. The monoisotopic (exact) mass is 468 g/mol. The Labute approximate surface area is 178 Å². The molecule has 0 spiro atoms. The van der Waals surface area contributed by atoms with Crippen molar-refractivity contribution in [1.82, 2.24) is 10.6 Å². The molecule has 9 heteroatoms. The molecule has 8 nitrogen and oxygen atoms in total. The highest BCUT2D eigenvalue weighted by molar-refractivity contribution is 9.10. The van der Waals surface area contributed by atoms with Gasteiger partial charge in [-0.25, -0.2) is 9.59 Å². The molecule has 29 heavy (non-hydrogen) atoms. The average Bonchev–Trinajstić information content (AvgIpc) is 2.67. The van der Waals surface area contributed by atoms with Crippen molar-refractivity contribution >= 4 is 33.9 Å². The van der Waals surface area contributed by atoms with E-state index in [2.05, 4.69) is 26.6 Å². The lowest BCUT2D eigenvalue weighted by atomic mass is 9.87. The van der Waals surface area contributed by atoms with Gasteiger partial charge >= 0.3 is 18.0 Å². The van der Waals surface area contributed by atoms with Crippen LogP contribution in [0.1, 0.15) is 38.8 Å². The topological polar surface area (TPSA) is 103 Å². The van der Waals surface area contributed by atoms with E-state index < -0.39 is 29.9 Å². The van der Waals surface area contributed by atoms with Crippen molar-refractivity contribution in [2.24, 2.45) is 5.92 Å². The number of hydrogen-bond donors (Lipinski definition) is 2. The number of ether oxygens (including phenoxy) is 3. The van der Waals surface area contributed by atoms with Gasteiger partial charge < -0.3 is 24.8 Å². The molecule has 158 valence electrons. The standard InChI is InChI=1S/C20H25BrN2O6/c1-4-7-14-17(19(25)28-6-3)18(23-20(26)22-14)13-10-12(21)8-9-15(13)29-11-16(24)27-5-2/h7-10,17-18H,4-6,11H2,1-3H3,(H2,22,23,26)/b14-7+/t17-,18+/m1/s1. The molecule has 0 bridgehead atoms. The van der Waals surface area contributed by atoms with E-state index in [1.165, 1.54) is 0 Å². The molecule has 2 atom stereocenters. The second-order valence-electron chi connectivity index (χ2n) is 6.15. The Morgan fingerprint density at radius 3 is 2.55 bits per heavy atom. The van der Waals surface area contributed by atoms with Crippen LogP contribution in [0.25, 0.3) is 0 Å². The van der Waals surface area contributed by atoms with Crippen LogP contribution in [0.5, 0.6) is 5.75 Å². The molecule has 2 rings (SSSR count). The van der Waals surface area contributed by atoms with Crippen molar-refractivity contribution in [3.05, 3.63) is 40.0 Å². The molecule has 0 unspecified atom stereocenters. The molecule has 1 saturated heterocycles. The Morgan fingerprint density at radius 1 is 1.17 bits per heavy atom. The third-order valence-corrected chi connectivity index (χ3v) is 4.63. The van der Waals surface area contributed by atoms with E-state index in [1.54, 1.807) is 38.1 Å². The maximum absolute atomic E-state index is 12.7. The highest BCUT2D eigenvalue weighted by atomic mass is 79.9. The summed E-state index contributed by atoms with van der Waals surface area (Å²) < 4.78 is 16.5. The maximum Gasteiger partial charge on any atom is 0.344 e. The van der Waals surface area contributed by atoms with Gasteiger partial charge in [0.1, 0.15) is 11.7 Å². The van der Waals surface area contributed by atoms with E-state index in [9.17, 15) is 14.4 Å². The number of allylic oxidation sites excluding steroid dienone is 1. The van der Waals surface area contributed by atoms with Crippen LogP contribution < -0.4 is 15.4 Å². The number of carbonyl (C=O) groups is 3. The molecule has 1 aliphatic heterocycles. The van der Waals surface area contributed by atoms with Gasteiger partial charge in [-0.1, -0.05) is 28.9 Å². The largest absolute Gasteiger partial charge is 0.482 e. The minimum atomic E-state index is -0.785. The second kappa shape index (κ2) is 10.8. The lowest BCUT2D eigenvalue weighted by Gasteiger charge is -2.34. The van der Waals surface area contributed by atoms with Gasteiger partial charge in [0, 0.05) is 15.7 Å². The Kier molecular flexibility index (Phi) is 8.50. The molecule has 0 radical (unpaired) electrons. The fourth-order valence-electron chi connectivity index (χ4n) is 3.03. The summed E-state index contributed by atoms with van der Waals surface area (Å²) in [6.45, 7) is 5.50. The number of hydrogen-bond acceptors (Lipinski definition) is 6. The van der Waals surface area contributed by atoms with Crippen molar-refractivity contribution in [3.63, 3.8) is 0 Å². The predicted octanol–water partition coefficient (Wildman–Crippen LogP) is 3.22. The Bertz CT molecular complexity index is 795. The van der Waals surface area contributed by atoms with E-state index in [0.717, 1.165) is 4.47 Å². The molecule has 0 saturated carbocycles. The van der Waals surface area contributed by atoms with E-state index in [0.29, 0.717) is 23.4 Å². The number of esters is 2. The quantitative estimate of drug-likeness (QED) is 0.567. The maximum atomic E-state index is 12.7. The summed E-state index contributed by atoms with van der Waals surface area (Å²) in [6, 6.07) is 3.97. The molecule has 0 aliphatic carbocycles.